The van der Waals surface area contributed by atoms with Gasteiger partial charge in [0.2, 0.25) is 0 Å². The van der Waals surface area contributed by atoms with E-state index in [9.17, 15) is 13.2 Å². The van der Waals surface area contributed by atoms with Gasteiger partial charge in [0.15, 0.2) is 0 Å². The molecule has 1 aliphatic heterocycles. The number of likely N-dealkylation sites (tertiary alicyclic amines) is 1. The van der Waals surface area contributed by atoms with Gasteiger partial charge in [-0.25, -0.2) is 8.42 Å². The van der Waals surface area contributed by atoms with Crippen molar-refractivity contribution in [3.05, 3.63) is 60.2 Å². The average molecular weight is 396 g/mol. The second-order valence-corrected chi connectivity index (χ2v) is 8.04. The molecule has 2 N–H and O–H groups in total. The molecule has 3 rings (SSSR count). The van der Waals surface area contributed by atoms with Gasteiger partial charge in [-0.05, 0) is 30.7 Å². The summed E-state index contributed by atoms with van der Waals surface area (Å²) in [5.74, 6) is -0.298. The zero-order valence-corrected chi connectivity index (χ0v) is 16.0. The molecule has 2 aromatic carbocycles. The summed E-state index contributed by atoms with van der Waals surface area (Å²) in [6.45, 7) is 0.991. The zero-order chi connectivity index (χ0) is 18.0. The van der Waals surface area contributed by atoms with Crippen LogP contribution in [0.1, 0.15) is 16.8 Å². The van der Waals surface area contributed by atoms with E-state index in [-0.39, 0.29) is 34.8 Å². The molecule has 1 saturated heterocycles. The number of nitrogens with zero attached hydrogens (tertiary/aromatic N) is 2. The van der Waals surface area contributed by atoms with Gasteiger partial charge in [0.05, 0.1) is 11.3 Å². The van der Waals surface area contributed by atoms with Crippen molar-refractivity contribution < 1.29 is 13.2 Å². The summed E-state index contributed by atoms with van der Waals surface area (Å²) in [5, 5.41) is 0. The molecule has 0 spiro atoms. The molecule has 0 aromatic heterocycles. The largest absolute Gasteiger partial charge is 0.337 e. The molecule has 0 bridgehead atoms. The topological polar surface area (TPSA) is 83.7 Å². The van der Waals surface area contributed by atoms with Crippen LogP contribution in [0.5, 0.6) is 0 Å². The van der Waals surface area contributed by atoms with Crippen LogP contribution in [-0.2, 0) is 10.0 Å². The summed E-state index contributed by atoms with van der Waals surface area (Å²) in [6.07, 6.45) is 0.727. The third-order valence-electron chi connectivity index (χ3n) is 4.39. The summed E-state index contributed by atoms with van der Waals surface area (Å²) in [7, 11) is -2.37. The minimum atomic E-state index is -3.86. The van der Waals surface area contributed by atoms with E-state index in [2.05, 4.69) is 0 Å². The van der Waals surface area contributed by atoms with Crippen LogP contribution in [0.2, 0.25) is 0 Å². The molecule has 8 heteroatoms. The highest BCUT2D eigenvalue weighted by molar-refractivity contribution is 7.92. The molecule has 2 aromatic rings. The first-order valence-corrected chi connectivity index (χ1v) is 9.53. The lowest BCUT2D eigenvalue weighted by Crippen LogP contribution is -2.34. The van der Waals surface area contributed by atoms with Gasteiger partial charge in [-0.3, -0.25) is 9.10 Å². The van der Waals surface area contributed by atoms with Crippen molar-refractivity contribution in [1.29, 1.82) is 0 Å². The fourth-order valence-corrected chi connectivity index (χ4v) is 4.31. The number of rotatable bonds is 4. The Hall–Kier alpha value is -2.09. The Labute approximate surface area is 160 Å². The van der Waals surface area contributed by atoms with Crippen LogP contribution < -0.4 is 10.0 Å². The van der Waals surface area contributed by atoms with Crippen molar-refractivity contribution in [2.75, 3.05) is 24.4 Å². The fourth-order valence-electron chi connectivity index (χ4n) is 2.93. The molecule has 1 atom stereocenters. The Morgan fingerprint density at radius 2 is 1.73 bits per heavy atom. The Morgan fingerprint density at radius 3 is 2.35 bits per heavy atom. The summed E-state index contributed by atoms with van der Waals surface area (Å²) in [6, 6.07) is 15.0. The number of benzene rings is 2. The quantitative estimate of drug-likeness (QED) is 0.859. The normalized spacial score (nSPS) is 16.8. The van der Waals surface area contributed by atoms with Crippen LogP contribution in [0.15, 0.2) is 59.5 Å². The van der Waals surface area contributed by atoms with Gasteiger partial charge in [-0.2, -0.15) is 0 Å². The van der Waals surface area contributed by atoms with E-state index in [0.717, 1.165) is 6.42 Å². The van der Waals surface area contributed by atoms with Crippen molar-refractivity contribution in [2.24, 2.45) is 5.73 Å². The second-order valence-electron chi connectivity index (χ2n) is 6.10. The van der Waals surface area contributed by atoms with E-state index < -0.39 is 10.0 Å². The number of hydrogen-bond donors (Lipinski definition) is 1. The minimum absolute atomic E-state index is 0. The fraction of sp³-hybridized carbons (Fsp3) is 0.278. The molecule has 0 unspecified atom stereocenters. The van der Waals surface area contributed by atoms with E-state index in [4.69, 9.17) is 5.73 Å². The molecule has 0 radical (unpaired) electrons. The molecule has 0 saturated carbocycles. The van der Waals surface area contributed by atoms with Crippen LogP contribution >= 0.6 is 12.4 Å². The van der Waals surface area contributed by atoms with Crippen LogP contribution in [0.4, 0.5) is 5.69 Å². The Kier molecular flexibility index (Phi) is 6.28. The molecule has 1 heterocycles. The van der Waals surface area contributed by atoms with Gasteiger partial charge < -0.3 is 10.6 Å². The van der Waals surface area contributed by atoms with E-state index in [1.165, 1.54) is 17.4 Å². The molecule has 140 valence electrons. The van der Waals surface area contributed by atoms with Crippen molar-refractivity contribution >= 4 is 34.0 Å². The molecule has 6 nitrogen and oxygen atoms in total. The van der Waals surface area contributed by atoms with Gasteiger partial charge in [0.1, 0.15) is 4.90 Å². The van der Waals surface area contributed by atoms with E-state index in [1.54, 1.807) is 47.4 Å². The number of hydrogen-bond acceptors (Lipinski definition) is 4. The first-order chi connectivity index (χ1) is 11.9. The van der Waals surface area contributed by atoms with Gasteiger partial charge in [0, 0.05) is 26.2 Å². The Morgan fingerprint density at radius 1 is 1.12 bits per heavy atom. The number of amides is 1. The molecular formula is C18H22ClN3O3S. The highest BCUT2D eigenvalue weighted by Crippen LogP contribution is 2.26. The number of para-hydroxylation sites is 1. The first kappa shape index (κ1) is 20.2. The van der Waals surface area contributed by atoms with Crippen LogP contribution in [-0.4, -0.2) is 45.4 Å². The lowest BCUT2D eigenvalue weighted by Gasteiger charge is -2.22. The second kappa shape index (κ2) is 8.07. The van der Waals surface area contributed by atoms with Gasteiger partial charge in [-0.1, -0.05) is 30.3 Å². The van der Waals surface area contributed by atoms with Crippen molar-refractivity contribution in [1.82, 2.24) is 4.90 Å². The third kappa shape index (κ3) is 3.85. The number of carbonyl (C=O) groups is 1. The minimum Gasteiger partial charge on any atom is -0.337 e. The third-order valence-corrected chi connectivity index (χ3v) is 6.23. The van der Waals surface area contributed by atoms with Crippen LogP contribution in [0.25, 0.3) is 0 Å². The number of anilines is 1. The highest BCUT2D eigenvalue weighted by Gasteiger charge is 2.31. The van der Waals surface area contributed by atoms with Crippen LogP contribution in [0.3, 0.4) is 0 Å². The zero-order valence-electron chi connectivity index (χ0n) is 14.4. The van der Waals surface area contributed by atoms with Crippen molar-refractivity contribution in [2.45, 2.75) is 17.4 Å². The number of sulfonamides is 1. The summed E-state index contributed by atoms with van der Waals surface area (Å²) >= 11 is 0. The molecule has 0 aliphatic carbocycles. The predicted molar refractivity (Wildman–Crippen MR) is 104 cm³/mol. The van der Waals surface area contributed by atoms with E-state index >= 15 is 0 Å². The highest BCUT2D eigenvalue weighted by atomic mass is 35.5. The maximum Gasteiger partial charge on any atom is 0.264 e. The monoisotopic (exact) mass is 395 g/mol. The van der Waals surface area contributed by atoms with Crippen molar-refractivity contribution in [3.8, 4) is 0 Å². The molecular weight excluding hydrogens is 374 g/mol. The van der Waals surface area contributed by atoms with E-state index in [0.29, 0.717) is 18.8 Å². The summed E-state index contributed by atoms with van der Waals surface area (Å²) < 4.78 is 27.3. The lowest BCUT2D eigenvalue weighted by atomic mass is 10.2. The number of carbonyl (C=O) groups excluding carboxylic acids is 1. The molecule has 1 fully saturated rings. The summed E-state index contributed by atoms with van der Waals surface area (Å²) in [4.78, 5) is 14.4. The van der Waals surface area contributed by atoms with Gasteiger partial charge in [-0.15, -0.1) is 12.4 Å². The first-order valence-electron chi connectivity index (χ1n) is 8.09. The smallest absolute Gasteiger partial charge is 0.264 e. The number of halogens is 1. The molecule has 1 aliphatic rings. The summed E-state index contributed by atoms with van der Waals surface area (Å²) in [5.41, 5.74) is 6.58. The molecule has 26 heavy (non-hydrogen) atoms. The standard InChI is InChI=1S/C18H21N3O3S.ClH/c1-20(15-7-3-2-4-8-15)25(23,24)17-10-6-5-9-16(17)18(22)21-12-11-14(19)13-21;/h2-10,14H,11-13,19H2,1H3;1H/t14-;/m1./s1. The van der Waals surface area contributed by atoms with E-state index in [1.807, 2.05) is 6.07 Å². The molecule has 1 amide bonds. The maximum absolute atomic E-state index is 13.1. The average Bonchev–Trinajstić information content (AvgIpc) is 3.07. The Bertz CT molecular complexity index is 874. The van der Waals surface area contributed by atoms with Gasteiger partial charge in [0.25, 0.3) is 15.9 Å². The predicted octanol–water partition coefficient (Wildman–Crippen LogP) is 2.11. The lowest BCUT2D eigenvalue weighted by molar-refractivity contribution is 0.0787. The van der Waals surface area contributed by atoms with Crippen molar-refractivity contribution in [3.63, 3.8) is 0 Å². The maximum atomic E-state index is 13.1. The Balaban J connectivity index is 0.00000243. The van der Waals surface area contributed by atoms with Crippen LogP contribution in [0, 0.1) is 0 Å². The van der Waals surface area contributed by atoms with Gasteiger partial charge >= 0.3 is 0 Å². The SMILES string of the molecule is CN(c1ccccc1)S(=O)(=O)c1ccccc1C(=O)N1CC[C@@H](N)C1.Cl. The number of nitrogens with two attached hydrogens (primary N) is 1.